The zero-order valence-corrected chi connectivity index (χ0v) is 16.1. The van der Waals surface area contributed by atoms with Gasteiger partial charge in [-0.05, 0) is 63.6 Å². The normalized spacial score (nSPS) is 28.7. The molecule has 0 spiro atoms. The Morgan fingerprint density at radius 2 is 2.11 bits per heavy atom. The van der Waals surface area contributed by atoms with E-state index < -0.39 is 0 Å². The molecule has 3 N–H and O–H groups in total. The van der Waals surface area contributed by atoms with Gasteiger partial charge in [-0.25, -0.2) is 4.98 Å². The summed E-state index contributed by atoms with van der Waals surface area (Å²) in [7, 11) is 0. The zero-order valence-electron chi connectivity index (χ0n) is 16.1. The topological polar surface area (TPSA) is 82.2 Å². The third-order valence-corrected chi connectivity index (χ3v) is 6.37. The molecule has 1 amide bonds. The number of carbonyl (C=O) groups excluding carboxylic acids is 1. The molecule has 4 rings (SSSR count). The van der Waals surface area contributed by atoms with Gasteiger partial charge in [-0.2, -0.15) is 0 Å². The minimum Gasteiger partial charge on any atom is -0.355 e. The quantitative estimate of drug-likeness (QED) is 0.689. The maximum atomic E-state index is 12.3. The van der Waals surface area contributed by atoms with E-state index >= 15 is 0 Å². The van der Waals surface area contributed by atoms with Gasteiger partial charge in [0.1, 0.15) is 5.82 Å². The van der Waals surface area contributed by atoms with Crippen molar-refractivity contribution in [3.05, 3.63) is 18.6 Å². The first-order chi connectivity index (χ1) is 13.3. The molecule has 3 atom stereocenters. The first-order valence-corrected chi connectivity index (χ1v) is 10.5. The molecule has 7 nitrogen and oxygen atoms in total. The van der Waals surface area contributed by atoms with Crippen LogP contribution in [-0.4, -0.2) is 60.7 Å². The van der Waals surface area contributed by atoms with Crippen molar-refractivity contribution in [3.63, 3.8) is 0 Å². The number of hydrogen-bond donors (Lipinski definition) is 3. The van der Waals surface area contributed by atoms with E-state index in [-0.39, 0.29) is 5.91 Å². The predicted octanol–water partition coefficient (Wildman–Crippen LogP) is 0.929. The Morgan fingerprint density at radius 1 is 1.22 bits per heavy atom. The first kappa shape index (κ1) is 18.6. The molecule has 3 saturated heterocycles. The molecule has 0 aliphatic carbocycles. The molecule has 7 heteroatoms. The number of piperidine rings is 3. The summed E-state index contributed by atoms with van der Waals surface area (Å²) in [6.07, 6.45) is 11.3. The van der Waals surface area contributed by atoms with Gasteiger partial charge in [-0.15, -0.1) is 0 Å². The number of carbonyl (C=O) groups is 1. The highest BCUT2D eigenvalue weighted by atomic mass is 16.1. The van der Waals surface area contributed by atoms with E-state index in [2.05, 4.69) is 30.8 Å². The predicted molar refractivity (Wildman–Crippen MR) is 106 cm³/mol. The van der Waals surface area contributed by atoms with Gasteiger partial charge in [0.25, 0.3) is 0 Å². The van der Waals surface area contributed by atoms with Gasteiger partial charge >= 0.3 is 0 Å². The number of nitrogens with zero attached hydrogens (tertiary/aromatic N) is 3. The summed E-state index contributed by atoms with van der Waals surface area (Å²) in [5.41, 5.74) is 0. The first-order valence-electron chi connectivity index (χ1n) is 10.5. The molecule has 4 heterocycles. The van der Waals surface area contributed by atoms with Crippen molar-refractivity contribution in [2.24, 2.45) is 11.8 Å². The molecular formula is C20H32N6O. The molecule has 0 saturated carbocycles. The van der Waals surface area contributed by atoms with Crippen LogP contribution in [0.3, 0.4) is 0 Å². The van der Waals surface area contributed by atoms with Crippen LogP contribution in [0.2, 0.25) is 0 Å². The SMILES string of the molecule is O=C(CCC[C@@H]1NC[C@@H]2CNC[C@H]1C2)NC1CCN(c2cnccn2)CC1. The lowest BCUT2D eigenvalue weighted by atomic mass is 9.80. The van der Waals surface area contributed by atoms with Gasteiger partial charge in [0.15, 0.2) is 0 Å². The molecule has 148 valence electrons. The molecule has 1 aromatic rings. The van der Waals surface area contributed by atoms with E-state index in [0.717, 1.165) is 76.1 Å². The second-order valence-electron chi connectivity index (χ2n) is 8.32. The van der Waals surface area contributed by atoms with Crippen LogP contribution in [-0.2, 0) is 4.79 Å². The molecule has 2 bridgehead atoms. The largest absolute Gasteiger partial charge is 0.355 e. The Labute approximate surface area is 161 Å². The van der Waals surface area contributed by atoms with E-state index in [1.807, 2.05) is 6.20 Å². The smallest absolute Gasteiger partial charge is 0.220 e. The lowest BCUT2D eigenvalue weighted by Gasteiger charge is -2.41. The fraction of sp³-hybridized carbons (Fsp3) is 0.750. The van der Waals surface area contributed by atoms with E-state index in [1.165, 1.54) is 6.42 Å². The molecule has 3 aliphatic rings. The van der Waals surface area contributed by atoms with Crippen molar-refractivity contribution >= 4 is 11.7 Å². The average molecular weight is 373 g/mol. The number of hydrogen-bond acceptors (Lipinski definition) is 6. The van der Waals surface area contributed by atoms with Gasteiger partial charge in [0, 0.05) is 44.0 Å². The summed E-state index contributed by atoms with van der Waals surface area (Å²) in [5.74, 6) is 2.69. The average Bonchev–Trinajstić information content (AvgIpc) is 2.71. The molecule has 0 unspecified atom stereocenters. The van der Waals surface area contributed by atoms with Crippen LogP contribution >= 0.6 is 0 Å². The van der Waals surface area contributed by atoms with Crippen LogP contribution in [0, 0.1) is 11.8 Å². The second kappa shape index (κ2) is 8.97. The second-order valence-corrected chi connectivity index (χ2v) is 8.32. The Kier molecular flexibility index (Phi) is 6.19. The van der Waals surface area contributed by atoms with Gasteiger partial charge in [0.05, 0.1) is 6.20 Å². The van der Waals surface area contributed by atoms with Crippen molar-refractivity contribution in [2.75, 3.05) is 37.6 Å². The highest BCUT2D eigenvalue weighted by Gasteiger charge is 2.32. The fourth-order valence-corrected chi connectivity index (χ4v) is 4.84. The van der Waals surface area contributed by atoms with Crippen molar-refractivity contribution in [1.82, 2.24) is 25.9 Å². The Balaban J connectivity index is 1.13. The third-order valence-electron chi connectivity index (χ3n) is 6.37. The number of nitrogens with one attached hydrogen (secondary N) is 3. The van der Waals surface area contributed by atoms with Crippen LogP contribution in [0.15, 0.2) is 18.6 Å². The van der Waals surface area contributed by atoms with E-state index in [0.29, 0.717) is 18.5 Å². The fourth-order valence-electron chi connectivity index (χ4n) is 4.84. The lowest BCUT2D eigenvalue weighted by molar-refractivity contribution is -0.122. The van der Waals surface area contributed by atoms with Crippen molar-refractivity contribution in [2.45, 2.75) is 50.6 Å². The highest BCUT2D eigenvalue weighted by molar-refractivity contribution is 5.76. The Bertz CT molecular complexity index is 604. The Morgan fingerprint density at radius 3 is 2.93 bits per heavy atom. The molecule has 0 radical (unpaired) electrons. The minimum absolute atomic E-state index is 0.211. The summed E-state index contributed by atoms with van der Waals surface area (Å²) in [5, 5.41) is 10.5. The van der Waals surface area contributed by atoms with Crippen molar-refractivity contribution in [3.8, 4) is 0 Å². The summed E-state index contributed by atoms with van der Waals surface area (Å²) in [4.78, 5) is 23.1. The molecule has 0 aromatic carbocycles. The third kappa shape index (κ3) is 4.96. The van der Waals surface area contributed by atoms with Crippen LogP contribution in [0.4, 0.5) is 5.82 Å². The number of rotatable bonds is 6. The number of amides is 1. The number of aromatic nitrogens is 2. The maximum Gasteiger partial charge on any atom is 0.220 e. The van der Waals surface area contributed by atoms with Crippen molar-refractivity contribution in [1.29, 1.82) is 0 Å². The monoisotopic (exact) mass is 372 g/mol. The summed E-state index contributed by atoms with van der Waals surface area (Å²) in [6.45, 7) is 5.26. The standard InChI is InChI=1S/C20H32N6O/c27-20(3-1-2-18-16-10-15(12-24-18)11-22-13-16)25-17-4-8-26(9-5-17)19-14-21-6-7-23-19/h6-7,14-18,22,24H,1-5,8-13H2,(H,25,27)/t15-,16+,18-/m0/s1. The van der Waals surface area contributed by atoms with Gasteiger partial charge in [-0.1, -0.05) is 0 Å². The maximum absolute atomic E-state index is 12.3. The van der Waals surface area contributed by atoms with Crippen LogP contribution < -0.4 is 20.9 Å². The highest BCUT2D eigenvalue weighted by Crippen LogP contribution is 2.26. The number of fused-ring (bicyclic) bond motifs is 2. The lowest BCUT2D eigenvalue weighted by Crippen LogP contribution is -2.54. The van der Waals surface area contributed by atoms with Gasteiger partial charge in [0.2, 0.25) is 5.91 Å². The van der Waals surface area contributed by atoms with E-state index in [9.17, 15) is 4.79 Å². The van der Waals surface area contributed by atoms with Gasteiger partial charge < -0.3 is 20.9 Å². The van der Waals surface area contributed by atoms with Crippen LogP contribution in [0.1, 0.15) is 38.5 Å². The van der Waals surface area contributed by atoms with E-state index in [1.54, 1.807) is 12.4 Å². The van der Waals surface area contributed by atoms with Crippen LogP contribution in [0.25, 0.3) is 0 Å². The molecule has 27 heavy (non-hydrogen) atoms. The summed E-state index contributed by atoms with van der Waals surface area (Å²) in [6, 6.07) is 0.874. The number of anilines is 1. The molecule has 3 fully saturated rings. The van der Waals surface area contributed by atoms with Crippen LogP contribution in [0.5, 0.6) is 0 Å². The minimum atomic E-state index is 0.211. The zero-order chi connectivity index (χ0) is 18.5. The molecule has 1 aromatic heterocycles. The van der Waals surface area contributed by atoms with E-state index in [4.69, 9.17) is 0 Å². The summed E-state index contributed by atoms with van der Waals surface area (Å²) >= 11 is 0. The Hall–Kier alpha value is -1.73. The van der Waals surface area contributed by atoms with Gasteiger partial charge in [-0.3, -0.25) is 9.78 Å². The van der Waals surface area contributed by atoms with Crippen molar-refractivity contribution < 1.29 is 4.79 Å². The molecular weight excluding hydrogens is 340 g/mol. The summed E-state index contributed by atoms with van der Waals surface area (Å²) < 4.78 is 0. The molecule has 3 aliphatic heterocycles.